The van der Waals surface area contributed by atoms with Crippen molar-refractivity contribution >= 4 is 22.9 Å². The summed E-state index contributed by atoms with van der Waals surface area (Å²) in [6.45, 7) is -0.210. The van der Waals surface area contributed by atoms with Gasteiger partial charge in [-0.05, 0) is 11.6 Å². The van der Waals surface area contributed by atoms with Crippen LogP contribution in [-0.2, 0) is 4.79 Å². The minimum absolute atomic E-state index is 0.169. The lowest BCUT2D eigenvalue weighted by atomic mass is 10.6. The van der Waals surface area contributed by atoms with Crippen LogP contribution in [0.3, 0.4) is 0 Å². The van der Waals surface area contributed by atoms with E-state index >= 15 is 0 Å². The van der Waals surface area contributed by atoms with Gasteiger partial charge in [-0.3, -0.25) is 4.79 Å². The summed E-state index contributed by atoms with van der Waals surface area (Å²) in [4.78, 5) is 20.5. The largest absolute Gasteiger partial charge is 0.477 e. The van der Waals surface area contributed by atoms with Crippen molar-refractivity contribution in [2.45, 2.75) is 0 Å². The molecule has 6 heteroatoms. The molecule has 0 radical (unpaired) electrons. The molecule has 0 aliphatic heterocycles. The molecule has 0 saturated carbocycles. The number of carboxylic acids is 1. The SMILES string of the molecule is C[N+](C)(CC(=O)O)NC(=O)Cl. The number of rotatable bonds is 3. The molecule has 0 fully saturated rings. The van der Waals surface area contributed by atoms with Gasteiger partial charge in [0.2, 0.25) is 0 Å². The lowest BCUT2D eigenvalue weighted by molar-refractivity contribution is -0.917. The minimum Gasteiger partial charge on any atom is -0.477 e. The fourth-order valence-electron chi connectivity index (χ4n) is 0.616. The van der Waals surface area contributed by atoms with Crippen LogP contribution in [0.5, 0.6) is 0 Å². The van der Waals surface area contributed by atoms with E-state index in [9.17, 15) is 9.59 Å². The Morgan fingerprint density at radius 1 is 1.55 bits per heavy atom. The molecule has 0 spiro atoms. The number of amides is 1. The van der Waals surface area contributed by atoms with E-state index in [1.807, 2.05) is 0 Å². The third-order valence-corrected chi connectivity index (χ3v) is 1.01. The quantitative estimate of drug-likeness (QED) is 0.279. The summed E-state index contributed by atoms with van der Waals surface area (Å²) in [6, 6.07) is 0. The van der Waals surface area contributed by atoms with Gasteiger partial charge in [-0.2, -0.15) is 5.43 Å². The Bertz CT molecular complexity index is 163. The number of hydrogen-bond donors (Lipinski definition) is 2. The first kappa shape index (κ1) is 10.2. The summed E-state index contributed by atoms with van der Waals surface area (Å²) < 4.78 is -0.169. The molecule has 11 heavy (non-hydrogen) atoms. The normalized spacial score (nSPS) is 10.8. The maximum Gasteiger partial charge on any atom is 0.361 e. The molecule has 64 valence electrons. The molecule has 0 rings (SSSR count). The number of halogens is 1. The first-order chi connectivity index (χ1) is 4.83. The molecule has 0 heterocycles. The van der Waals surface area contributed by atoms with Gasteiger partial charge in [-0.15, -0.1) is 0 Å². The van der Waals surface area contributed by atoms with E-state index in [4.69, 9.17) is 16.7 Å². The number of hydrogen-bond acceptors (Lipinski definition) is 2. The Hall–Kier alpha value is -0.810. The van der Waals surface area contributed by atoms with Crippen molar-refractivity contribution in [2.75, 3.05) is 20.6 Å². The number of carboxylic acid groups (broad SMARTS) is 1. The molecule has 0 aromatic rings. The number of quaternary nitrogens is 1. The predicted molar refractivity (Wildman–Crippen MR) is 39.0 cm³/mol. The molecule has 0 atom stereocenters. The maximum atomic E-state index is 10.3. The van der Waals surface area contributed by atoms with Crippen molar-refractivity contribution in [3.8, 4) is 0 Å². The topological polar surface area (TPSA) is 66.4 Å². The fraction of sp³-hybridized carbons (Fsp3) is 0.600. The highest BCUT2D eigenvalue weighted by Gasteiger charge is 2.21. The van der Waals surface area contributed by atoms with E-state index in [0.29, 0.717) is 0 Å². The van der Waals surface area contributed by atoms with Crippen molar-refractivity contribution < 1.29 is 19.3 Å². The van der Waals surface area contributed by atoms with Crippen molar-refractivity contribution in [3.63, 3.8) is 0 Å². The number of aliphatic carboxylic acids is 1. The van der Waals surface area contributed by atoms with E-state index in [-0.39, 0.29) is 11.1 Å². The lowest BCUT2D eigenvalue weighted by Gasteiger charge is -2.25. The Balaban J connectivity index is 3.99. The van der Waals surface area contributed by atoms with Crippen LogP contribution in [0.15, 0.2) is 0 Å². The molecule has 0 aliphatic carbocycles. The molecule has 0 bridgehead atoms. The zero-order valence-electron chi connectivity index (χ0n) is 6.30. The van der Waals surface area contributed by atoms with Gasteiger partial charge in [0.05, 0.1) is 14.1 Å². The average molecular weight is 182 g/mol. The van der Waals surface area contributed by atoms with Gasteiger partial charge >= 0.3 is 11.3 Å². The van der Waals surface area contributed by atoms with E-state index < -0.39 is 11.3 Å². The van der Waals surface area contributed by atoms with Crippen LogP contribution in [0, 0.1) is 0 Å². The van der Waals surface area contributed by atoms with Crippen molar-refractivity contribution in [1.82, 2.24) is 5.43 Å². The summed E-state index contributed by atoms with van der Waals surface area (Å²) >= 11 is 4.99. The Kier molecular flexibility index (Phi) is 3.28. The van der Waals surface area contributed by atoms with Crippen LogP contribution in [-0.4, -0.2) is 41.7 Å². The Morgan fingerprint density at radius 2 is 2.00 bits per heavy atom. The van der Waals surface area contributed by atoms with Crippen molar-refractivity contribution in [3.05, 3.63) is 0 Å². The summed E-state index contributed by atoms with van der Waals surface area (Å²) in [5.74, 6) is -1.000. The molecule has 0 aromatic carbocycles. The van der Waals surface area contributed by atoms with Gasteiger partial charge in [0.1, 0.15) is 0 Å². The molecular weight excluding hydrogens is 172 g/mol. The average Bonchev–Trinajstić information content (AvgIpc) is 1.53. The second-order valence-electron chi connectivity index (χ2n) is 2.62. The van der Waals surface area contributed by atoms with Crippen LogP contribution in [0.25, 0.3) is 0 Å². The number of carbonyl (C=O) groups excluding carboxylic acids is 1. The third kappa shape index (κ3) is 5.63. The second-order valence-corrected chi connectivity index (χ2v) is 2.97. The maximum absolute atomic E-state index is 10.3. The van der Waals surface area contributed by atoms with Crippen LogP contribution in [0.1, 0.15) is 0 Å². The summed E-state index contributed by atoms with van der Waals surface area (Å²) in [5.41, 5.74) is 2.23. The highest BCUT2D eigenvalue weighted by molar-refractivity contribution is 6.62. The van der Waals surface area contributed by atoms with E-state index in [2.05, 4.69) is 5.43 Å². The van der Waals surface area contributed by atoms with Crippen molar-refractivity contribution in [1.29, 1.82) is 0 Å². The monoisotopic (exact) mass is 181 g/mol. The molecule has 0 aromatic heterocycles. The third-order valence-electron chi connectivity index (χ3n) is 0.921. The van der Waals surface area contributed by atoms with Gasteiger partial charge in [0.15, 0.2) is 6.54 Å². The van der Waals surface area contributed by atoms with Crippen LogP contribution < -0.4 is 5.43 Å². The van der Waals surface area contributed by atoms with Gasteiger partial charge in [-0.25, -0.2) is 9.39 Å². The van der Waals surface area contributed by atoms with Crippen LogP contribution >= 0.6 is 11.6 Å². The first-order valence-electron chi connectivity index (χ1n) is 2.86. The van der Waals surface area contributed by atoms with Gasteiger partial charge < -0.3 is 5.11 Å². The van der Waals surface area contributed by atoms with E-state index in [1.54, 1.807) is 0 Å². The lowest BCUT2D eigenvalue weighted by Crippen LogP contribution is -2.55. The highest BCUT2D eigenvalue weighted by atomic mass is 35.5. The number of nitrogens with one attached hydrogen (secondary N) is 1. The minimum atomic E-state index is -1.000. The fourth-order valence-corrected chi connectivity index (χ4v) is 0.844. The van der Waals surface area contributed by atoms with Crippen LogP contribution in [0.4, 0.5) is 4.79 Å². The molecule has 5 nitrogen and oxygen atoms in total. The number of carbonyl (C=O) groups is 2. The number of nitrogens with zero attached hydrogens (tertiary/aromatic N) is 1. The molecule has 0 saturated heterocycles. The zero-order valence-corrected chi connectivity index (χ0v) is 7.05. The molecule has 1 amide bonds. The molecule has 0 unspecified atom stereocenters. The van der Waals surface area contributed by atoms with E-state index in [1.165, 1.54) is 14.1 Å². The number of likely N-dealkylation sites (N-methyl/N-ethyl adjacent to an activating group) is 1. The smallest absolute Gasteiger partial charge is 0.361 e. The van der Waals surface area contributed by atoms with Crippen molar-refractivity contribution in [2.24, 2.45) is 0 Å². The molecular formula is C5H10ClN2O3+. The molecule has 0 aliphatic rings. The Labute approximate surface area is 69.1 Å². The Morgan fingerprint density at radius 3 is 2.27 bits per heavy atom. The summed E-state index contributed by atoms with van der Waals surface area (Å²) in [7, 11) is 3.04. The van der Waals surface area contributed by atoms with E-state index in [0.717, 1.165) is 0 Å². The highest BCUT2D eigenvalue weighted by Crippen LogP contribution is 1.92. The molecule has 2 N–H and O–H groups in total. The van der Waals surface area contributed by atoms with Gasteiger partial charge in [0.25, 0.3) is 0 Å². The first-order valence-corrected chi connectivity index (χ1v) is 3.24. The van der Waals surface area contributed by atoms with Gasteiger partial charge in [-0.1, -0.05) is 0 Å². The zero-order chi connectivity index (χ0) is 9.07. The summed E-state index contributed by atoms with van der Waals surface area (Å²) in [6.07, 6.45) is 0. The summed E-state index contributed by atoms with van der Waals surface area (Å²) in [5, 5.41) is 7.58. The standard InChI is InChI=1S/C5H9ClN2O3/c1-8(2,3-4(9)10)7-5(6)11/h3H2,1-2H3,(H-,7,9,10,11)/p+1. The van der Waals surface area contributed by atoms with Crippen LogP contribution in [0.2, 0.25) is 0 Å². The second kappa shape index (κ2) is 3.54. The van der Waals surface area contributed by atoms with Gasteiger partial charge in [0, 0.05) is 0 Å². The predicted octanol–water partition coefficient (Wildman–Crippen LogP) is 0.0108.